The van der Waals surface area contributed by atoms with Crippen molar-refractivity contribution < 1.29 is 0 Å². The van der Waals surface area contributed by atoms with Gasteiger partial charge in [0.2, 0.25) is 0 Å². The van der Waals surface area contributed by atoms with E-state index in [1.807, 2.05) is 0 Å². The van der Waals surface area contributed by atoms with Crippen LogP contribution in [0.1, 0.15) is 45.1 Å². The maximum atomic E-state index is 4.85. The predicted octanol–water partition coefficient (Wildman–Crippen LogP) is 3.56. The van der Waals surface area contributed by atoms with Crippen molar-refractivity contribution in [2.45, 2.75) is 52.1 Å². The first-order valence-corrected chi connectivity index (χ1v) is 11.3. The molecule has 2 N–H and O–H groups in total. The van der Waals surface area contributed by atoms with Gasteiger partial charge in [-0.2, -0.15) is 0 Å². The Bertz CT molecular complexity index is 586. The fourth-order valence-corrected chi connectivity index (χ4v) is 4.38. The molecule has 1 aromatic rings. The van der Waals surface area contributed by atoms with Crippen LogP contribution >= 0.6 is 24.0 Å². The number of benzene rings is 1. The smallest absolute Gasteiger partial charge is 0.191 e. The van der Waals surface area contributed by atoms with E-state index in [1.54, 1.807) is 0 Å². The van der Waals surface area contributed by atoms with E-state index in [0.29, 0.717) is 6.04 Å². The number of nitrogens with zero attached hydrogens (tertiary/aromatic N) is 3. The number of likely N-dealkylation sites (tertiary alicyclic amines) is 2. The van der Waals surface area contributed by atoms with E-state index in [-0.39, 0.29) is 24.0 Å². The van der Waals surface area contributed by atoms with Gasteiger partial charge in [-0.05, 0) is 50.6 Å². The zero-order valence-electron chi connectivity index (χ0n) is 18.3. The summed E-state index contributed by atoms with van der Waals surface area (Å²) in [6.45, 7) is 13.2. The highest BCUT2D eigenvalue weighted by molar-refractivity contribution is 14.0. The molecule has 0 aliphatic carbocycles. The number of rotatable bonds is 7. The summed E-state index contributed by atoms with van der Waals surface area (Å²) in [4.78, 5) is 9.99. The van der Waals surface area contributed by atoms with E-state index in [1.165, 1.54) is 44.3 Å². The summed E-state index contributed by atoms with van der Waals surface area (Å²) in [6.07, 6.45) is 5.08. The molecule has 0 spiro atoms. The van der Waals surface area contributed by atoms with Gasteiger partial charge < -0.3 is 15.5 Å². The van der Waals surface area contributed by atoms with Crippen LogP contribution in [-0.4, -0.2) is 67.6 Å². The second kappa shape index (κ2) is 13.4. The lowest BCUT2D eigenvalue weighted by Crippen LogP contribution is -2.48. The molecule has 0 radical (unpaired) electrons. The van der Waals surface area contributed by atoms with Crippen LogP contribution < -0.4 is 10.6 Å². The highest BCUT2D eigenvalue weighted by atomic mass is 127. The molecule has 2 heterocycles. The van der Waals surface area contributed by atoms with Gasteiger partial charge in [-0.1, -0.05) is 37.3 Å². The molecule has 0 amide bonds. The standard InChI is InChI=1S/C23H39N5.HI/c1-3-24-23(25-13-17-27-14-7-8-20(2)18-27)26-22-11-15-28(16-12-22)19-21-9-5-4-6-10-21;/h4-6,9-10,20,22H,3,7-8,11-19H2,1-2H3,(H2,24,25,26);1H. The molecule has 2 fully saturated rings. The molecule has 1 unspecified atom stereocenters. The van der Waals surface area contributed by atoms with Crippen molar-refractivity contribution in [2.24, 2.45) is 10.9 Å². The predicted molar refractivity (Wildman–Crippen MR) is 134 cm³/mol. The van der Waals surface area contributed by atoms with Crippen molar-refractivity contribution in [3.8, 4) is 0 Å². The first-order chi connectivity index (χ1) is 13.7. The van der Waals surface area contributed by atoms with Gasteiger partial charge in [0.05, 0.1) is 6.54 Å². The number of hydrogen-bond donors (Lipinski definition) is 2. The maximum Gasteiger partial charge on any atom is 0.191 e. The van der Waals surface area contributed by atoms with Crippen LogP contribution in [0.2, 0.25) is 0 Å². The second-order valence-corrected chi connectivity index (χ2v) is 8.49. The summed E-state index contributed by atoms with van der Waals surface area (Å²) in [6, 6.07) is 11.3. The third-order valence-electron chi connectivity index (χ3n) is 5.95. The van der Waals surface area contributed by atoms with Crippen LogP contribution in [0, 0.1) is 5.92 Å². The molecular formula is C23H40IN5. The monoisotopic (exact) mass is 513 g/mol. The number of nitrogens with one attached hydrogen (secondary N) is 2. The van der Waals surface area contributed by atoms with Crippen LogP contribution in [-0.2, 0) is 6.54 Å². The molecule has 6 heteroatoms. The molecule has 29 heavy (non-hydrogen) atoms. The molecule has 3 rings (SSSR count). The fraction of sp³-hybridized carbons (Fsp3) is 0.696. The van der Waals surface area contributed by atoms with Gasteiger partial charge in [0.1, 0.15) is 0 Å². The summed E-state index contributed by atoms with van der Waals surface area (Å²) in [5.41, 5.74) is 1.41. The van der Waals surface area contributed by atoms with Gasteiger partial charge in [0, 0.05) is 45.3 Å². The molecule has 164 valence electrons. The third-order valence-corrected chi connectivity index (χ3v) is 5.95. The van der Waals surface area contributed by atoms with Crippen molar-refractivity contribution in [1.29, 1.82) is 0 Å². The average Bonchev–Trinajstić information content (AvgIpc) is 2.70. The first-order valence-electron chi connectivity index (χ1n) is 11.3. The fourth-order valence-electron chi connectivity index (χ4n) is 4.38. The highest BCUT2D eigenvalue weighted by Gasteiger charge is 2.20. The lowest BCUT2D eigenvalue weighted by Gasteiger charge is -2.33. The van der Waals surface area contributed by atoms with Gasteiger partial charge in [-0.25, -0.2) is 0 Å². The Morgan fingerprint density at radius 2 is 1.83 bits per heavy atom. The quantitative estimate of drug-likeness (QED) is 0.333. The van der Waals surface area contributed by atoms with Crippen LogP contribution in [0.4, 0.5) is 0 Å². The van der Waals surface area contributed by atoms with Gasteiger partial charge in [0.25, 0.3) is 0 Å². The van der Waals surface area contributed by atoms with E-state index >= 15 is 0 Å². The Morgan fingerprint density at radius 1 is 1.07 bits per heavy atom. The van der Waals surface area contributed by atoms with Crippen molar-refractivity contribution in [3.05, 3.63) is 35.9 Å². The van der Waals surface area contributed by atoms with Gasteiger partial charge in [-0.15, -0.1) is 24.0 Å². The van der Waals surface area contributed by atoms with E-state index in [0.717, 1.165) is 51.1 Å². The third kappa shape index (κ3) is 8.80. The minimum Gasteiger partial charge on any atom is -0.357 e. The number of hydrogen-bond acceptors (Lipinski definition) is 3. The van der Waals surface area contributed by atoms with E-state index in [4.69, 9.17) is 4.99 Å². The average molecular weight is 514 g/mol. The number of guanidine groups is 1. The summed E-state index contributed by atoms with van der Waals surface area (Å²) < 4.78 is 0. The molecule has 2 aliphatic rings. The zero-order valence-corrected chi connectivity index (χ0v) is 20.6. The summed E-state index contributed by atoms with van der Waals surface area (Å²) in [7, 11) is 0. The van der Waals surface area contributed by atoms with E-state index in [2.05, 4.69) is 64.6 Å². The Morgan fingerprint density at radius 3 is 2.52 bits per heavy atom. The Labute approximate surface area is 194 Å². The molecule has 1 atom stereocenters. The molecular weight excluding hydrogens is 473 g/mol. The molecule has 1 aromatic carbocycles. The largest absolute Gasteiger partial charge is 0.357 e. The number of piperidine rings is 2. The highest BCUT2D eigenvalue weighted by Crippen LogP contribution is 2.15. The lowest BCUT2D eigenvalue weighted by atomic mass is 10.0. The second-order valence-electron chi connectivity index (χ2n) is 8.49. The molecule has 0 bridgehead atoms. The minimum absolute atomic E-state index is 0. The van der Waals surface area contributed by atoms with Gasteiger partial charge in [-0.3, -0.25) is 9.89 Å². The lowest BCUT2D eigenvalue weighted by molar-refractivity contribution is 0.188. The Balaban J connectivity index is 0.00000300. The molecule has 0 aromatic heterocycles. The zero-order chi connectivity index (χ0) is 19.6. The number of halogens is 1. The summed E-state index contributed by atoms with van der Waals surface area (Å²) >= 11 is 0. The topological polar surface area (TPSA) is 42.9 Å². The Kier molecular flexibility index (Phi) is 11.3. The summed E-state index contributed by atoms with van der Waals surface area (Å²) in [5.74, 6) is 1.83. The van der Waals surface area contributed by atoms with E-state index in [9.17, 15) is 0 Å². The van der Waals surface area contributed by atoms with Crippen LogP contribution in [0.5, 0.6) is 0 Å². The molecule has 5 nitrogen and oxygen atoms in total. The first kappa shape index (κ1) is 24.4. The van der Waals surface area contributed by atoms with Crippen molar-refractivity contribution >= 4 is 29.9 Å². The van der Waals surface area contributed by atoms with Crippen LogP contribution in [0.3, 0.4) is 0 Å². The van der Waals surface area contributed by atoms with Crippen LogP contribution in [0.15, 0.2) is 35.3 Å². The minimum atomic E-state index is 0. The molecule has 2 saturated heterocycles. The normalized spacial score (nSPS) is 22.1. The summed E-state index contributed by atoms with van der Waals surface area (Å²) in [5, 5.41) is 7.12. The Hall–Kier alpha value is -0.860. The van der Waals surface area contributed by atoms with Crippen molar-refractivity contribution in [2.75, 3.05) is 45.8 Å². The maximum absolute atomic E-state index is 4.85. The van der Waals surface area contributed by atoms with Gasteiger partial charge in [0.15, 0.2) is 5.96 Å². The number of aliphatic imine (C=N–C) groups is 1. The SMILES string of the molecule is CCNC(=NCCN1CCCC(C)C1)NC1CCN(Cc2ccccc2)CC1.I. The van der Waals surface area contributed by atoms with Crippen molar-refractivity contribution in [1.82, 2.24) is 20.4 Å². The van der Waals surface area contributed by atoms with Crippen LogP contribution in [0.25, 0.3) is 0 Å². The van der Waals surface area contributed by atoms with Crippen molar-refractivity contribution in [3.63, 3.8) is 0 Å². The molecule has 0 saturated carbocycles. The van der Waals surface area contributed by atoms with E-state index < -0.39 is 0 Å². The molecule has 2 aliphatic heterocycles. The van der Waals surface area contributed by atoms with Gasteiger partial charge >= 0.3 is 0 Å².